The van der Waals surface area contributed by atoms with Crippen molar-refractivity contribution in [3.05, 3.63) is 120 Å². The average Bonchev–Trinajstić information content (AvgIpc) is 3.22. The van der Waals surface area contributed by atoms with E-state index in [9.17, 15) is 0 Å². The van der Waals surface area contributed by atoms with Crippen molar-refractivity contribution < 1.29 is 4.74 Å². The van der Waals surface area contributed by atoms with E-state index in [0.717, 1.165) is 49.5 Å². The van der Waals surface area contributed by atoms with Gasteiger partial charge in [-0.2, -0.15) is 0 Å². The van der Waals surface area contributed by atoms with Gasteiger partial charge >= 0.3 is 0 Å². The van der Waals surface area contributed by atoms with Gasteiger partial charge in [0.15, 0.2) is 0 Å². The van der Waals surface area contributed by atoms with Gasteiger partial charge in [-0.15, -0.1) is 0 Å². The SMILES string of the molecule is Cc1cccc(OCCCCn2c(Cc3ccc(-c4ccccc4)cc3)nc3ccccc32)c1. The molecule has 170 valence electrons. The number of aryl methyl sites for hydroxylation is 2. The Morgan fingerprint density at radius 2 is 1.50 bits per heavy atom. The molecule has 0 radical (unpaired) electrons. The smallest absolute Gasteiger partial charge is 0.119 e. The van der Waals surface area contributed by atoms with Crippen LogP contribution in [0.25, 0.3) is 22.2 Å². The Morgan fingerprint density at radius 3 is 2.32 bits per heavy atom. The van der Waals surface area contributed by atoms with Gasteiger partial charge in [0.1, 0.15) is 11.6 Å². The molecule has 0 unspecified atom stereocenters. The molecule has 0 fully saturated rings. The van der Waals surface area contributed by atoms with E-state index < -0.39 is 0 Å². The van der Waals surface area contributed by atoms with Crippen LogP contribution in [0.2, 0.25) is 0 Å². The third-order valence-corrected chi connectivity index (χ3v) is 6.19. The lowest BCUT2D eigenvalue weighted by Crippen LogP contribution is -2.07. The largest absolute Gasteiger partial charge is 0.494 e. The molecule has 0 aliphatic carbocycles. The second-order valence-corrected chi connectivity index (χ2v) is 8.78. The number of aromatic nitrogens is 2. The Balaban J connectivity index is 1.26. The first-order valence-corrected chi connectivity index (χ1v) is 12.0. The number of hydrogen-bond acceptors (Lipinski definition) is 2. The van der Waals surface area contributed by atoms with Crippen LogP contribution in [0.15, 0.2) is 103 Å². The fraction of sp³-hybridized carbons (Fsp3) is 0.194. The van der Waals surface area contributed by atoms with E-state index >= 15 is 0 Å². The third-order valence-electron chi connectivity index (χ3n) is 6.19. The number of unbranched alkanes of at least 4 members (excludes halogenated alkanes) is 1. The molecule has 5 rings (SSSR count). The zero-order chi connectivity index (χ0) is 23.2. The molecule has 0 bridgehead atoms. The third kappa shape index (κ3) is 5.20. The molecule has 3 heteroatoms. The van der Waals surface area contributed by atoms with Gasteiger partial charge in [0, 0.05) is 13.0 Å². The van der Waals surface area contributed by atoms with Crippen molar-refractivity contribution in [1.82, 2.24) is 9.55 Å². The summed E-state index contributed by atoms with van der Waals surface area (Å²) in [6, 6.07) is 36.1. The van der Waals surface area contributed by atoms with Crippen molar-refractivity contribution in [3.63, 3.8) is 0 Å². The van der Waals surface area contributed by atoms with Crippen LogP contribution in [0, 0.1) is 6.92 Å². The molecule has 3 nitrogen and oxygen atoms in total. The van der Waals surface area contributed by atoms with Crippen molar-refractivity contribution in [1.29, 1.82) is 0 Å². The molecule has 34 heavy (non-hydrogen) atoms. The van der Waals surface area contributed by atoms with Crippen LogP contribution < -0.4 is 4.74 Å². The Bertz CT molecular complexity index is 1350. The Kier molecular flexibility index (Phi) is 6.71. The lowest BCUT2D eigenvalue weighted by atomic mass is 10.0. The first-order valence-electron chi connectivity index (χ1n) is 12.0. The second-order valence-electron chi connectivity index (χ2n) is 8.78. The van der Waals surface area contributed by atoms with Crippen LogP contribution >= 0.6 is 0 Å². The number of imidazole rings is 1. The first kappa shape index (κ1) is 22.0. The van der Waals surface area contributed by atoms with Gasteiger partial charge in [-0.3, -0.25) is 0 Å². The van der Waals surface area contributed by atoms with Crippen LogP contribution in [0.1, 0.15) is 29.8 Å². The zero-order valence-corrected chi connectivity index (χ0v) is 19.7. The van der Waals surface area contributed by atoms with Crippen LogP contribution in [0.3, 0.4) is 0 Å². The summed E-state index contributed by atoms with van der Waals surface area (Å²) in [5, 5.41) is 0. The summed E-state index contributed by atoms with van der Waals surface area (Å²) in [6.45, 7) is 3.76. The van der Waals surface area contributed by atoms with E-state index in [4.69, 9.17) is 9.72 Å². The maximum Gasteiger partial charge on any atom is 0.119 e. The minimum absolute atomic E-state index is 0.729. The van der Waals surface area contributed by atoms with E-state index in [1.165, 1.54) is 27.8 Å². The highest BCUT2D eigenvalue weighted by Gasteiger charge is 2.11. The number of ether oxygens (including phenoxy) is 1. The van der Waals surface area contributed by atoms with Gasteiger partial charge in [-0.25, -0.2) is 4.98 Å². The summed E-state index contributed by atoms with van der Waals surface area (Å²) in [6.07, 6.45) is 2.88. The predicted molar refractivity (Wildman–Crippen MR) is 140 cm³/mol. The average molecular weight is 447 g/mol. The van der Waals surface area contributed by atoms with E-state index in [0.29, 0.717) is 0 Å². The molecule has 5 aromatic rings. The second kappa shape index (κ2) is 10.4. The molecule has 0 atom stereocenters. The lowest BCUT2D eigenvalue weighted by molar-refractivity contribution is 0.303. The summed E-state index contributed by atoms with van der Waals surface area (Å²) in [5.41, 5.74) is 7.26. The van der Waals surface area contributed by atoms with E-state index in [2.05, 4.69) is 102 Å². The summed E-state index contributed by atoms with van der Waals surface area (Å²) in [7, 11) is 0. The molecule has 0 aliphatic heterocycles. The molecular weight excluding hydrogens is 416 g/mol. The summed E-state index contributed by atoms with van der Waals surface area (Å²) in [5.74, 6) is 2.07. The maximum atomic E-state index is 5.94. The molecule has 0 saturated heterocycles. The minimum Gasteiger partial charge on any atom is -0.494 e. The number of fused-ring (bicyclic) bond motifs is 1. The van der Waals surface area contributed by atoms with E-state index in [1.54, 1.807) is 0 Å². The highest BCUT2D eigenvalue weighted by Crippen LogP contribution is 2.23. The fourth-order valence-electron chi connectivity index (χ4n) is 4.41. The normalized spacial score (nSPS) is 11.1. The van der Waals surface area contributed by atoms with Gasteiger partial charge in [0.25, 0.3) is 0 Å². The number of hydrogen-bond donors (Lipinski definition) is 0. The number of benzene rings is 4. The van der Waals surface area contributed by atoms with Crippen molar-refractivity contribution in [2.75, 3.05) is 6.61 Å². The van der Waals surface area contributed by atoms with E-state index in [1.807, 2.05) is 12.1 Å². The van der Waals surface area contributed by atoms with Crippen LogP contribution in [-0.2, 0) is 13.0 Å². The van der Waals surface area contributed by atoms with Gasteiger partial charge in [0.05, 0.1) is 17.6 Å². The van der Waals surface area contributed by atoms with Crippen LogP contribution in [0.4, 0.5) is 0 Å². The highest BCUT2D eigenvalue weighted by molar-refractivity contribution is 5.76. The summed E-state index contributed by atoms with van der Waals surface area (Å²) < 4.78 is 8.32. The molecule has 0 aliphatic rings. The van der Waals surface area contributed by atoms with Gasteiger partial charge in [-0.05, 0) is 66.3 Å². The molecule has 0 N–H and O–H groups in total. The van der Waals surface area contributed by atoms with Crippen LogP contribution in [-0.4, -0.2) is 16.2 Å². The van der Waals surface area contributed by atoms with Gasteiger partial charge in [0.2, 0.25) is 0 Å². The monoisotopic (exact) mass is 446 g/mol. The Labute approximate surface area is 201 Å². The molecule has 1 heterocycles. The van der Waals surface area contributed by atoms with Crippen molar-refractivity contribution in [2.45, 2.75) is 32.7 Å². The minimum atomic E-state index is 0.729. The zero-order valence-electron chi connectivity index (χ0n) is 19.7. The number of rotatable bonds is 9. The van der Waals surface area contributed by atoms with Crippen molar-refractivity contribution >= 4 is 11.0 Å². The highest BCUT2D eigenvalue weighted by atomic mass is 16.5. The molecule has 0 amide bonds. The topological polar surface area (TPSA) is 27.1 Å². The van der Waals surface area contributed by atoms with Gasteiger partial charge in [-0.1, -0.05) is 78.9 Å². The number of nitrogens with zero attached hydrogens (tertiary/aromatic N) is 2. The van der Waals surface area contributed by atoms with Crippen molar-refractivity contribution in [3.8, 4) is 16.9 Å². The molecular formula is C31H30N2O. The van der Waals surface area contributed by atoms with E-state index in [-0.39, 0.29) is 0 Å². The van der Waals surface area contributed by atoms with Crippen molar-refractivity contribution in [2.24, 2.45) is 0 Å². The molecule has 4 aromatic carbocycles. The summed E-state index contributed by atoms with van der Waals surface area (Å²) >= 11 is 0. The Hall–Kier alpha value is -3.85. The maximum absolute atomic E-state index is 5.94. The molecule has 0 spiro atoms. The lowest BCUT2D eigenvalue weighted by Gasteiger charge is -2.11. The quantitative estimate of drug-likeness (QED) is 0.220. The Morgan fingerprint density at radius 1 is 0.735 bits per heavy atom. The number of para-hydroxylation sites is 2. The predicted octanol–water partition coefficient (Wildman–Crippen LogP) is 7.46. The first-order chi connectivity index (χ1) is 16.8. The molecule has 1 aromatic heterocycles. The summed E-state index contributed by atoms with van der Waals surface area (Å²) in [4.78, 5) is 4.98. The van der Waals surface area contributed by atoms with Crippen LogP contribution in [0.5, 0.6) is 5.75 Å². The fourth-order valence-corrected chi connectivity index (χ4v) is 4.41. The molecule has 0 saturated carbocycles. The van der Waals surface area contributed by atoms with Gasteiger partial charge < -0.3 is 9.30 Å². The standard InChI is InChI=1S/C31H30N2O/c1-24-10-9-13-28(22-24)34-21-8-7-20-33-30-15-6-5-14-29(30)32-31(33)23-25-16-18-27(19-17-25)26-11-3-2-4-12-26/h2-6,9-19,22H,7-8,20-21,23H2,1H3.